The largest absolute Gasteiger partial charge is 0.481 e. The zero-order valence-corrected chi connectivity index (χ0v) is 11.6. The molecule has 0 heterocycles. The van der Waals surface area contributed by atoms with E-state index < -0.39 is 18.0 Å². The van der Waals surface area contributed by atoms with Crippen LogP contribution >= 0.6 is 0 Å². The summed E-state index contributed by atoms with van der Waals surface area (Å²) >= 11 is 0. The number of rotatable bonds is 8. The van der Waals surface area contributed by atoms with Crippen molar-refractivity contribution in [1.82, 2.24) is 10.6 Å². The van der Waals surface area contributed by atoms with Crippen LogP contribution in [-0.4, -0.2) is 35.6 Å². The van der Waals surface area contributed by atoms with E-state index in [1.54, 1.807) is 6.92 Å². The molecule has 3 atom stereocenters. The van der Waals surface area contributed by atoms with Crippen LogP contribution in [0.3, 0.4) is 0 Å². The van der Waals surface area contributed by atoms with Crippen molar-refractivity contribution >= 4 is 17.9 Å². The summed E-state index contributed by atoms with van der Waals surface area (Å²) in [4.78, 5) is 33.3. The minimum atomic E-state index is -0.907. The summed E-state index contributed by atoms with van der Waals surface area (Å²) in [6.07, 6.45) is 0.695. The van der Waals surface area contributed by atoms with Crippen LogP contribution < -0.4 is 16.4 Å². The first-order valence-corrected chi connectivity index (χ1v) is 6.33. The Morgan fingerprint density at radius 2 is 1.84 bits per heavy atom. The number of urea groups is 1. The van der Waals surface area contributed by atoms with E-state index in [9.17, 15) is 14.4 Å². The SMILES string of the molecule is CCC(C)C(NC(N)=O)C(=O)NCC(C)CC(=O)O. The zero-order chi connectivity index (χ0) is 15.0. The number of carbonyl (C=O) groups excluding carboxylic acids is 2. The Morgan fingerprint density at radius 3 is 2.26 bits per heavy atom. The van der Waals surface area contributed by atoms with Gasteiger partial charge >= 0.3 is 12.0 Å². The fraction of sp³-hybridized carbons (Fsp3) is 0.750. The van der Waals surface area contributed by atoms with E-state index >= 15 is 0 Å². The van der Waals surface area contributed by atoms with Crippen LogP contribution in [0, 0.1) is 11.8 Å². The summed E-state index contributed by atoms with van der Waals surface area (Å²) in [5, 5.41) is 13.7. The maximum atomic E-state index is 11.9. The zero-order valence-electron chi connectivity index (χ0n) is 11.6. The van der Waals surface area contributed by atoms with E-state index in [0.717, 1.165) is 0 Å². The second-order valence-electron chi connectivity index (χ2n) is 4.82. The van der Waals surface area contributed by atoms with Gasteiger partial charge in [0, 0.05) is 13.0 Å². The van der Waals surface area contributed by atoms with Crippen LogP contribution in [-0.2, 0) is 9.59 Å². The first-order valence-electron chi connectivity index (χ1n) is 6.33. The predicted octanol–water partition coefficient (Wildman–Crippen LogP) is 0.296. The van der Waals surface area contributed by atoms with Crippen molar-refractivity contribution in [3.63, 3.8) is 0 Å². The number of amides is 3. The number of hydrogen-bond donors (Lipinski definition) is 4. The van der Waals surface area contributed by atoms with Gasteiger partial charge in [-0.3, -0.25) is 9.59 Å². The molecule has 19 heavy (non-hydrogen) atoms. The van der Waals surface area contributed by atoms with Crippen molar-refractivity contribution in [3.05, 3.63) is 0 Å². The molecule has 0 aliphatic rings. The van der Waals surface area contributed by atoms with Gasteiger partial charge in [0.2, 0.25) is 5.91 Å². The van der Waals surface area contributed by atoms with E-state index in [2.05, 4.69) is 10.6 Å². The maximum absolute atomic E-state index is 11.9. The number of hydrogen-bond acceptors (Lipinski definition) is 3. The number of carboxylic acids is 1. The lowest BCUT2D eigenvalue weighted by Gasteiger charge is -2.23. The molecule has 7 nitrogen and oxygen atoms in total. The van der Waals surface area contributed by atoms with Gasteiger partial charge in [0.1, 0.15) is 6.04 Å². The van der Waals surface area contributed by atoms with Gasteiger partial charge in [-0.25, -0.2) is 4.79 Å². The van der Waals surface area contributed by atoms with Crippen LogP contribution in [0.5, 0.6) is 0 Å². The Hall–Kier alpha value is -1.79. The van der Waals surface area contributed by atoms with E-state index in [1.165, 1.54) is 0 Å². The maximum Gasteiger partial charge on any atom is 0.312 e. The number of nitrogens with one attached hydrogen (secondary N) is 2. The molecule has 0 aromatic rings. The van der Waals surface area contributed by atoms with E-state index in [4.69, 9.17) is 10.8 Å². The minimum absolute atomic E-state index is 0.0163. The van der Waals surface area contributed by atoms with Crippen LogP contribution in [0.2, 0.25) is 0 Å². The third kappa shape index (κ3) is 7.28. The minimum Gasteiger partial charge on any atom is -0.481 e. The van der Waals surface area contributed by atoms with Gasteiger partial charge in [-0.2, -0.15) is 0 Å². The van der Waals surface area contributed by atoms with Crippen molar-refractivity contribution in [3.8, 4) is 0 Å². The fourth-order valence-electron chi connectivity index (χ4n) is 1.61. The van der Waals surface area contributed by atoms with Gasteiger partial charge in [-0.05, 0) is 11.8 Å². The molecular formula is C12H23N3O4. The highest BCUT2D eigenvalue weighted by Crippen LogP contribution is 2.08. The third-order valence-electron chi connectivity index (χ3n) is 2.94. The predicted molar refractivity (Wildman–Crippen MR) is 70.4 cm³/mol. The molecule has 0 radical (unpaired) electrons. The van der Waals surface area contributed by atoms with Crippen molar-refractivity contribution in [2.24, 2.45) is 17.6 Å². The molecule has 0 saturated heterocycles. The van der Waals surface area contributed by atoms with Gasteiger partial charge < -0.3 is 21.5 Å². The molecule has 0 bridgehead atoms. The van der Waals surface area contributed by atoms with Crippen LogP contribution in [0.1, 0.15) is 33.6 Å². The molecule has 0 aromatic heterocycles. The topological polar surface area (TPSA) is 122 Å². The summed E-state index contributed by atoms with van der Waals surface area (Å²) in [5.74, 6) is -1.48. The summed E-state index contributed by atoms with van der Waals surface area (Å²) in [5.41, 5.74) is 5.04. The van der Waals surface area contributed by atoms with E-state index in [0.29, 0.717) is 6.42 Å². The summed E-state index contributed by atoms with van der Waals surface area (Å²) < 4.78 is 0. The number of carboxylic acid groups (broad SMARTS) is 1. The van der Waals surface area contributed by atoms with Crippen LogP contribution in [0.4, 0.5) is 4.79 Å². The summed E-state index contributed by atoms with van der Waals surface area (Å²) in [6.45, 7) is 5.72. The van der Waals surface area contributed by atoms with E-state index in [-0.39, 0.29) is 30.7 Å². The van der Waals surface area contributed by atoms with Gasteiger partial charge in [0.05, 0.1) is 0 Å². The molecule has 0 spiro atoms. The Labute approximate surface area is 112 Å². The molecule has 0 rings (SSSR count). The van der Waals surface area contributed by atoms with Crippen LogP contribution in [0.25, 0.3) is 0 Å². The number of nitrogens with two attached hydrogens (primary N) is 1. The van der Waals surface area contributed by atoms with Crippen molar-refractivity contribution in [2.45, 2.75) is 39.7 Å². The Kier molecular flexibility index (Phi) is 7.55. The lowest BCUT2D eigenvalue weighted by Crippen LogP contribution is -2.52. The highest BCUT2D eigenvalue weighted by Gasteiger charge is 2.25. The van der Waals surface area contributed by atoms with Gasteiger partial charge in [0.15, 0.2) is 0 Å². The Morgan fingerprint density at radius 1 is 1.26 bits per heavy atom. The van der Waals surface area contributed by atoms with Crippen molar-refractivity contribution < 1.29 is 19.5 Å². The third-order valence-corrected chi connectivity index (χ3v) is 2.94. The average Bonchev–Trinajstić information content (AvgIpc) is 2.31. The molecule has 0 aromatic carbocycles. The smallest absolute Gasteiger partial charge is 0.312 e. The summed E-state index contributed by atoms with van der Waals surface area (Å²) in [7, 11) is 0. The second kappa shape index (κ2) is 8.34. The molecule has 0 saturated carbocycles. The highest BCUT2D eigenvalue weighted by atomic mass is 16.4. The van der Waals surface area contributed by atoms with E-state index in [1.807, 2.05) is 13.8 Å². The van der Waals surface area contributed by atoms with Crippen LogP contribution in [0.15, 0.2) is 0 Å². The molecule has 0 aliphatic carbocycles. The van der Waals surface area contributed by atoms with Crippen molar-refractivity contribution in [1.29, 1.82) is 0 Å². The second-order valence-corrected chi connectivity index (χ2v) is 4.82. The number of primary amides is 1. The monoisotopic (exact) mass is 273 g/mol. The number of aliphatic carboxylic acids is 1. The molecule has 0 fully saturated rings. The highest BCUT2D eigenvalue weighted by molar-refractivity contribution is 5.86. The fourth-order valence-corrected chi connectivity index (χ4v) is 1.61. The molecule has 5 N–H and O–H groups in total. The molecular weight excluding hydrogens is 250 g/mol. The molecule has 3 unspecified atom stereocenters. The first-order chi connectivity index (χ1) is 8.77. The lowest BCUT2D eigenvalue weighted by molar-refractivity contribution is -0.138. The first kappa shape index (κ1) is 17.2. The van der Waals surface area contributed by atoms with Crippen molar-refractivity contribution in [2.75, 3.05) is 6.54 Å². The van der Waals surface area contributed by atoms with Gasteiger partial charge in [-0.1, -0.05) is 27.2 Å². The molecule has 110 valence electrons. The Bertz CT molecular complexity index is 333. The normalized spacial score (nSPS) is 15.1. The van der Waals surface area contributed by atoms with Gasteiger partial charge in [0.25, 0.3) is 0 Å². The molecule has 3 amide bonds. The molecule has 0 aliphatic heterocycles. The number of carbonyl (C=O) groups is 3. The summed E-state index contributed by atoms with van der Waals surface area (Å²) in [6, 6.07) is -1.45. The standard InChI is InChI=1S/C12H23N3O4/c1-4-8(3)10(15-12(13)19)11(18)14-6-7(2)5-9(16)17/h7-8,10H,4-6H2,1-3H3,(H,14,18)(H,16,17)(H3,13,15,19). The Balaban J connectivity index is 4.39. The molecule has 7 heteroatoms. The lowest BCUT2D eigenvalue weighted by atomic mass is 9.98. The van der Waals surface area contributed by atoms with Gasteiger partial charge in [-0.15, -0.1) is 0 Å². The quantitative estimate of drug-likeness (QED) is 0.508. The average molecular weight is 273 g/mol.